The molecule has 3 rings (SSSR count). The van der Waals surface area contributed by atoms with Gasteiger partial charge in [-0.15, -0.1) is 22.7 Å². The highest BCUT2D eigenvalue weighted by Gasteiger charge is 2.27. The highest BCUT2D eigenvalue weighted by Crippen LogP contribution is 2.42. The fourth-order valence-electron chi connectivity index (χ4n) is 2.29. The van der Waals surface area contributed by atoms with Crippen molar-refractivity contribution in [3.8, 4) is 0 Å². The van der Waals surface area contributed by atoms with Gasteiger partial charge in [0.2, 0.25) is 0 Å². The molecule has 0 radical (unpaired) electrons. The van der Waals surface area contributed by atoms with E-state index < -0.39 is 11.7 Å². The van der Waals surface area contributed by atoms with Gasteiger partial charge in [0.05, 0.1) is 24.3 Å². The quantitative estimate of drug-likeness (QED) is 0.239. The molecule has 3 aromatic heterocycles. The molecule has 3 heterocycles. The van der Waals surface area contributed by atoms with E-state index >= 15 is 0 Å². The number of hydrogen-bond donors (Lipinski definition) is 0. The van der Waals surface area contributed by atoms with Crippen LogP contribution in [0.25, 0.3) is 10.2 Å². The zero-order valence-electron chi connectivity index (χ0n) is 14.2. The van der Waals surface area contributed by atoms with Crippen LogP contribution in [0.4, 0.5) is 10.5 Å². The van der Waals surface area contributed by atoms with Crippen molar-refractivity contribution in [1.82, 2.24) is 4.98 Å². The smallest absolute Gasteiger partial charge is 0.415 e. The first-order chi connectivity index (χ1) is 12.2. The number of thiophene rings is 2. The van der Waals surface area contributed by atoms with Crippen LogP contribution in [-0.4, -0.2) is 16.7 Å². The molecule has 0 saturated carbocycles. The van der Waals surface area contributed by atoms with E-state index in [1.54, 1.807) is 33.6 Å². The summed E-state index contributed by atoms with van der Waals surface area (Å²) in [6.07, 6.45) is -0.408. The molecule has 0 spiro atoms. The van der Waals surface area contributed by atoms with E-state index in [2.05, 4.69) is 43.5 Å². The normalized spacial score (nSPS) is 11.8. The van der Waals surface area contributed by atoms with E-state index in [0.717, 1.165) is 22.5 Å². The monoisotopic (exact) mass is 584 g/mol. The van der Waals surface area contributed by atoms with Crippen molar-refractivity contribution in [2.24, 2.45) is 0 Å². The van der Waals surface area contributed by atoms with Gasteiger partial charge in [-0.2, -0.15) is 0 Å². The Morgan fingerprint density at radius 3 is 2.81 bits per heavy atom. The Hall–Kier alpha value is -0.420. The van der Waals surface area contributed by atoms with Gasteiger partial charge in [-0.05, 0) is 70.7 Å². The third-order valence-corrected chi connectivity index (χ3v) is 8.31. The predicted molar refractivity (Wildman–Crippen MR) is 122 cm³/mol. The van der Waals surface area contributed by atoms with Gasteiger partial charge in [-0.25, -0.2) is 9.78 Å². The predicted octanol–water partition coefficient (Wildman–Crippen LogP) is 7.32. The van der Waals surface area contributed by atoms with Gasteiger partial charge in [-0.1, -0.05) is 17.7 Å². The molecular weight excluding hydrogens is 571 g/mol. The standard InChI is InChI=1S/C17H15BrClIN2O2S2/c1-17(2,3)24-16(23)22(8-9-5-4-6-25-9)10-7-11(19)21-13-12(18)15(20)26-14(10)13/h4-7H,8H2,1-3H3. The Morgan fingerprint density at radius 2 is 2.19 bits per heavy atom. The van der Waals surface area contributed by atoms with E-state index in [1.165, 1.54) is 0 Å². The topological polar surface area (TPSA) is 42.4 Å². The first-order valence-electron chi connectivity index (χ1n) is 7.62. The van der Waals surface area contributed by atoms with E-state index in [1.807, 2.05) is 38.3 Å². The number of aromatic nitrogens is 1. The number of nitrogens with zero attached hydrogens (tertiary/aromatic N) is 2. The number of fused-ring (bicyclic) bond motifs is 1. The molecule has 26 heavy (non-hydrogen) atoms. The molecule has 0 bridgehead atoms. The van der Waals surface area contributed by atoms with Crippen molar-refractivity contribution in [1.29, 1.82) is 0 Å². The highest BCUT2D eigenvalue weighted by atomic mass is 127. The van der Waals surface area contributed by atoms with Crippen LogP contribution in [0.1, 0.15) is 25.6 Å². The molecule has 9 heteroatoms. The Bertz CT molecular complexity index is 954. The lowest BCUT2D eigenvalue weighted by molar-refractivity contribution is 0.0578. The van der Waals surface area contributed by atoms with E-state index in [0.29, 0.717) is 17.4 Å². The third-order valence-electron chi connectivity index (χ3n) is 3.29. The summed E-state index contributed by atoms with van der Waals surface area (Å²) in [5.74, 6) is 0. The minimum Gasteiger partial charge on any atom is -0.443 e. The molecule has 0 aromatic carbocycles. The second-order valence-corrected chi connectivity index (χ2v) is 11.5. The van der Waals surface area contributed by atoms with Gasteiger partial charge >= 0.3 is 6.09 Å². The molecule has 0 aliphatic carbocycles. The lowest BCUT2D eigenvalue weighted by Gasteiger charge is -2.27. The van der Waals surface area contributed by atoms with Crippen LogP contribution >= 0.6 is 72.8 Å². The molecule has 4 nitrogen and oxygen atoms in total. The van der Waals surface area contributed by atoms with Crippen LogP contribution in [0.3, 0.4) is 0 Å². The maximum absolute atomic E-state index is 13.0. The number of rotatable bonds is 3. The second kappa shape index (κ2) is 7.90. The van der Waals surface area contributed by atoms with Gasteiger partial charge in [0.25, 0.3) is 0 Å². The zero-order valence-corrected chi connectivity index (χ0v) is 20.3. The summed E-state index contributed by atoms with van der Waals surface area (Å²) in [6.45, 7) is 5.98. The van der Waals surface area contributed by atoms with Gasteiger partial charge < -0.3 is 4.74 Å². The Kier molecular flexibility index (Phi) is 6.18. The molecule has 138 valence electrons. The molecule has 0 saturated heterocycles. The summed E-state index contributed by atoms with van der Waals surface area (Å²) in [7, 11) is 0. The van der Waals surface area contributed by atoms with Crippen molar-refractivity contribution in [3.05, 3.63) is 41.0 Å². The van der Waals surface area contributed by atoms with Crippen LogP contribution in [0.2, 0.25) is 5.15 Å². The van der Waals surface area contributed by atoms with Gasteiger partial charge in [0.1, 0.15) is 16.3 Å². The van der Waals surface area contributed by atoms with Crippen molar-refractivity contribution >= 4 is 94.8 Å². The average molecular weight is 586 g/mol. The highest BCUT2D eigenvalue weighted by molar-refractivity contribution is 14.1. The number of halogens is 3. The van der Waals surface area contributed by atoms with E-state index in [9.17, 15) is 4.79 Å². The van der Waals surface area contributed by atoms with Crippen LogP contribution in [0.5, 0.6) is 0 Å². The summed E-state index contributed by atoms with van der Waals surface area (Å²) >= 11 is 15.2. The number of pyridine rings is 1. The van der Waals surface area contributed by atoms with Crippen LogP contribution in [-0.2, 0) is 11.3 Å². The number of hydrogen-bond acceptors (Lipinski definition) is 5. The minimum atomic E-state index is -0.592. The average Bonchev–Trinajstić information content (AvgIpc) is 3.13. The van der Waals surface area contributed by atoms with Crippen LogP contribution in [0.15, 0.2) is 28.1 Å². The van der Waals surface area contributed by atoms with Gasteiger partial charge in [-0.3, -0.25) is 4.90 Å². The largest absolute Gasteiger partial charge is 0.443 e. The van der Waals surface area contributed by atoms with Crippen molar-refractivity contribution in [2.45, 2.75) is 32.9 Å². The maximum atomic E-state index is 13.0. The van der Waals surface area contributed by atoms with Gasteiger partial charge in [0.15, 0.2) is 0 Å². The number of carbonyl (C=O) groups is 1. The summed E-state index contributed by atoms with van der Waals surface area (Å²) in [4.78, 5) is 20.1. The summed E-state index contributed by atoms with van der Waals surface area (Å²) in [6, 6.07) is 5.68. The molecule has 0 aliphatic heterocycles. The molecule has 0 unspecified atom stereocenters. The number of anilines is 1. The van der Waals surface area contributed by atoms with Crippen molar-refractivity contribution in [3.63, 3.8) is 0 Å². The minimum absolute atomic E-state index is 0.335. The number of carbonyl (C=O) groups excluding carboxylic acids is 1. The molecule has 1 amide bonds. The summed E-state index contributed by atoms with van der Waals surface area (Å²) in [5, 5.41) is 2.32. The van der Waals surface area contributed by atoms with Crippen molar-refractivity contribution in [2.75, 3.05) is 4.90 Å². The lowest BCUT2D eigenvalue weighted by atomic mass is 10.2. The van der Waals surface area contributed by atoms with Crippen molar-refractivity contribution < 1.29 is 9.53 Å². The Morgan fingerprint density at radius 1 is 1.46 bits per heavy atom. The molecule has 0 aliphatic rings. The van der Waals surface area contributed by atoms with E-state index in [-0.39, 0.29) is 0 Å². The fraction of sp³-hybridized carbons (Fsp3) is 0.294. The summed E-state index contributed by atoms with van der Waals surface area (Å²) in [5.41, 5.74) is 0.864. The lowest BCUT2D eigenvalue weighted by Crippen LogP contribution is -2.36. The zero-order chi connectivity index (χ0) is 19.1. The number of amides is 1. The molecule has 0 fully saturated rings. The maximum Gasteiger partial charge on any atom is 0.415 e. The molecule has 0 atom stereocenters. The third kappa shape index (κ3) is 4.52. The first-order valence-corrected chi connectivity index (χ1v) is 11.6. The second-order valence-electron chi connectivity index (χ2n) is 6.48. The fourth-order valence-corrected chi connectivity index (χ4v) is 5.63. The van der Waals surface area contributed by atoms with E-state index in [4.69, 9.17) is 16.3 Å². The molecular formula is C17H15BrClIN2O2S2. The molecule has 3 aromatic rings. The van der Waals surface area contributed by atoms with Crippen LogP contribution < -0.4 is 4.90 Å². The SMILES string of the molecule is CC(C)(C)OC(=O)N(Cc1cccs1)c1cc(Cl)nc2c(Br)c(I)sc12. The summed E-state index contributed by atoms with van der Waals surface area (Å²) < 4.78 is 8.49. The number of ether oxygens (including phenoxy) is 1. The Labute approximate surface area is 186 Å². The molecule has 0 N–H and O–H groups in total. The van der Waals surface area contributed by atoms with Crippen LogP contribution in [0, 0.1) is 2.88 Å². The van der Waals surface area contributed by atoms with Gasteiger partial charge in [0, 0.05) is 10.9 Å². The Balaban J connectivity index is 2.13. The first kappa shape index (κ1) is 20.3.